The van der Waals surface area contributed by atoms with E-state index in [1.807, 2.05) is 6.92 Å². The van der Waals surface area contributed by atoms with Crippen LogP contribution < -0.4 is 5.73 Å². The van der Waals surface area contributed by atoms with Gasteiger partial charge in [0.25, 0.3) is 0 Å². The van der Waals surface area contributed by atoms with Crippen molar-refractivity contribution in [3.8, 4) is 0 Å². The highest BCUT2D eigenvalue weighted by molar-refractivity contribution is 5.96. The van der Waals surface area contributed by atoms with Crippen molar-refractivity contribution in [1.82, 2.24) is 0 Å². The van der Waals surface area contributed by atoms with Crippen molar-refractivity contribution in [3.05, 3.63) is 41.5 Å². The molecule has 1 rings (SSSR count). The molecule has 0 aliphatic heterocycles. The van der Waals surface area contributed by atoms with Crippen LogP contribution in [0.4, 0.5) is 0 Å². The molecule has 3 heteroatoms. The molecule has 15 heavy (non-hydrogen) atoms. The summed E-state index contributed by atoms with van der Waals surface area (Å²) in [6.45, 7) is 1.82. The molecule has 2 N–H and O–H groups in total. The lowest BCUT2D eigenvalue weighted by molar-refractivity contribution is -0.113. The van der Waals surface area contributed by atoms with E-state index in [0.717, 1.165) is 5.56 Å². The zero-order valence-electron chi connectivity index (χ0n) is 8.57. The van der Waals surface area contributed by atoms with Crippen LogP contribution in [0.3, 0.4) is 0 Å². The lowest BCUT2D eigenvalue weighted by atomic mass is 10.1. The molecule has 0 aliphatic rings. The predicted molar refractivity (Wildman–Crippen MR) is 59.3 cm³/mol. The van der Waals surface area contributed by atoms with Crippen molar-refractivity contribution in [2.24, 2.45) is 5.73 Å². The van der Waals surface area contributed by atoms with E-state index >= 15 is 0 Å². The number of hydrogen-bond donors (Lipinski definition) is 1. The molecule has 0 unspecified atom stereocenters. The van der Waals surface area contributed by atoms with Gasteiger partial charge in [0, 0.05) is 18.1 Å². The van der Waals surface area contributed by atoms with Crippen LogP contribution in [0.5, 0.6) is 0 Å². The van der Waals surface area contributed by atoms with Crippen molar-refractivity contribution in [3.63, 3.8) is 0 Å². The summed E-state index contributed by atoms with van der Waals surface area (Å²) in [4.78, 5) is 21.8. The quantitative estimate of drug-likeness (QED) is 0.599. The molecule has 3 nitrogen and oxygen atoms in total. The highest BCUT2D eigenvalue weighted by Crippen LogP contribution is 2.08. The van der Waals surface area contributed by atoms with Crippen LogP contribution in [0, 0.1) is 0 Å². The maximum Gasteiger partial charge on any atom is 0.241 e. The summed E-state index contributed by atoms with van der Waals surface area (Å²) in [5.41, 5.74) is 6.50. The maximum absolute atomic E-state index is 11.3. The average molecular weight is 203 g/mol. The van der Waals surface area contributed by atoms with Crippen LogP contribution in [-0.4, -0.2) is 11.7 Å². The molecule has 0 saturated carbocycles. The molecule has 0 atom stereocenters. The summed E-state index contributed by atoms with van der Waals surface area (Å²) in [5.74, 6) is -0.371. The minimum Gasteiger partial charge on any atom is -0.366 e. The normalized spacial score (nSPS) is 10.5. The smallest absolute Gasteiger partial charge is 0.241 e. The van der Waals surface area contributed by atoms with Crippen LogP contribution in [-0.2, 0) is 4.79 Å². The summed E-state index contributed by atoms with van der Waals surface area (Å²) in [5, 5.41) is 0. The molecule has 0 aromatic heterocycles. The van der Waals surface area contributed by atoms with Crippen molar-refractivity contribution < 1.29 is 9.59 Å². The molecule has 0 radical (unpaired) electrons. The first-order valence-corrected chi connectivity index (χ1v) is 4.74. The first-order chi connectivity index (χ1) is 7.13. The Kier molecular flexibility index (Phi) is 3.80. The third-order valence-corrected chi connectivity index (χ3v) is 1.99. The lowest BCUT2D eigenvalue weighted by Crippen LogP contribution is -2.05. The van der Waals surface area contributed by atoms with E-state index in [1.54, 1.807) is 30.3 Å². The van der Waals surface area contributed by atoms with Crippen LogP contribution in [0.25, 0.3) is 6.08 Å². The fraction of sp³-hybridized carbons (Fsp3) is 0.167. The minimum absolute atomic E-state index is 0.112. The van der Waals surface area contributed by atoms with Gasteiger partial charge in [0.1, 0.15) is 0 Å². The number of primary amides is 1. The van der Waals surface area contributed by atoms with Gasteiger partial charge < -0.3 is 5.73 Å². The van der Waals surface area contributed by atoms with Crippen molar-refractivity contribution in [2.75, 3.05) is 0 Å². The maximum atomic E-state index is 11.3. The third kappa shape index (κ3) is 3.38. The second-order valence-electron chi connectivity index (χ2n) is 3.13. The van der Waals surface area contributed by atoms with Crippen LogP contribution in [0.1, 0.15) is 29.3 Å². The number of Topliss-reactive ketones (excluding diaryl/α,β-unsaturated/α-hetero) is 1. The number of carbonyl (C=O) groups excluding carboxylic acids is 2. The van der Waals surface area contributed by atoms with Crippen LogP contribution in [0.15, 0.2) is 30.3 Å². The Labute approximate surface area is 88.6 Å². The Bertz CT molecular complexity index is 391. The fourth-order valence-corrected chi connectivity index (χ4v) is 1.16. The number of carbonyl (C=O) groups is 2. The van der Waals surface area contributed by atoms with Crippen LogP contribution >= 0.6 is 0 Å². The number of rotatable bonds is 4. The van der Waals surface area contributed by atoms with E-state index < -0.39 is 5.91 Å². The van der Waals surface area contributed by atoms with Crippen molar-refractivity contribution >= 4 is 17.8 Å². The van der Waals surface area contributed by atoms with Crippen molar-refractivity contribution in [1.29, 1.82) is 0 Å². The Morgan fingerprint density at radius 2 is 1.87 bits per heavy atom. The summed E-state index contributed by atoms with van der Waals surface area (Å²) in [6.07, 6.45) is 3.40. The first-order valence-electron chi connectivity index (χ1n) is 4.74. The van der Waals surface area contributed by atoms with E-state index in [0.29, 0.717) is 12.0 Å². The number of hydrogen-bond acceptors (Lipinski definition) is 2. The Morgan fingerprint density at radius 3 is 2.33 bits per heavy atom. The van der Waals surface area contributed by atoms with E-state index in [2.05, 4.69) is 0 Å². The van der Waals surface area contributed by atoms with Gasteiger partial charge >= 0.3 is 0 Å². The Morgan fingerprint density at radius 1 is 1.27 bits per heavy atom. The van der Waals surface area contributed by atoms with Gasteiger partial charge in [0.15, 0.2) is 5.78 Å². The summed E-state index contributed by atoms with van der Waals surface area (Å²) < 4.78 is 0. The standard InChI is InChI=1S/C12H13NO2/c1-2-11(14)10-6-3-9(4-7-10)5-8-12(13)15/h3-8H,2H2,1H3,(H2,13,15). The fourth-order valence-electron chi connectivity index (χ4n) is 1.16. The monoisotopic (exact) mass is 203 g/mol. The topological polar surface area (TPSA) is 60.2 Å². The Balaban J connectivity index is 2.81. The van der Waals surface area contributed by atoms with Gasteiger partial charge in [-0.15, -0.1) is 0 Å². The number of benzene rings is 1. The van der Waals surface area contributed by atoms with E-state index in [-0.39, 0.29) is 5.78 Å². The summed E-state index contributed by atoms with van der Waals surface area (Å²) in [7, 11) is 0. The molecular weight excluding hydrogens is 190 g/mol. The Hall–Kier alpha value is -1.90. The molecule has 1 amide bonds. The lowest BCUT2D eigenvalue weighted by Gasteiger charge is -1.98. The number of ketones is 1. The highest BCUT2D eigenvalue weighted by Gasteiger charge is 2.00. The predicted octanol–water partition coefficient (Wildman–Crippen LogP) is 1.78. The molecule has 0 aliphatic carbocycles. The zero-order valence-corrected chi connectivity index (χ0v) is 8.57. The van der Waals surface area contributed by atoms with Gasteiger partial charge in [0.05, 0.1) is 0 Å². The van der Waals surface area contributed by atoms with Gasteiger partial charge in [0.2, 0.25) is 5.91 Å². The SMILES string of the molecule is CCC(=O)c1ccc(C=CC(N)=O)cc1. The second kappa shape index (κ2) is 5.10. The zero-order chi connectivity index (χ0) is 11.3. The third-order valence-electron chi connectivity index (χ3n) is 1.99. The molecule has 1 aromatic rings. The van der Waals surface area contributed by atoms with Gasteiger partial charge in [-0.1, -0.05) is 31.2 Å². The second-order valence-corrected chi connectivity index (χ2v) is 3.13. The highest BCUT2D eigenvalue weighted by atomic mass is 16.1. The van der Waals surface area contributed by atoms with Gasteiger partial charge in [-0.3, -0.25) is 9.59 Å². The molecule has 78 valence electrons. The number of amides is 1. The van der Waals surface area contributed by atoms with Gasteiger partial charge in [-0.2, -0.15) is 0 Å². The van der Waals surface area contributed by atoms with Crippen molar-refractivity contribution in [2.45, 2.75) is 13.3 Å². The molecule has 0 heterocycles. The molecule has 1 aromatic carbocycles. The summed E-state index contributed by atoms with van der Waals surface area (Å²) in [6, 6.07) is 7.05. The molecular formula is C12H13NO2. The molecule has 0 spiro atoms. The van der Waals surface area contributed by atoms with Gasteiger partial charge in [-0.25, -0.2) is 0 Å². The van der Waals surface area contributed by atoms with Crippen LogP contribution in [0.2, 0.25) is 0 Å². The molecule has 0 saturated heterocycles. The summed E-state index contributed by atoms with van der Waals surface area (Å²) >= 11 is 0. The van der Waals surface area contributed by atoms with E-state index in [9.17, 15) is 9.59 Å². The number of nitrogens with two attached hydrogens (primary N) is 1. The van der Waals surface area contributed by atoms with Gasteiger partial charge in [-0.05, 0) is 11.6 Å². The largest absolute Gasteiger partial charge is 0.366 e. The first kappa shape index (κ1) is 11.2. The molecule has 0 fully saturated rings. The molecule has 0 bridgehead atoms. The van der Waals surface area contributed by atoms with E-state index in [4.69, 9.17) is 5.73 Å². The minimum atomic E-state index is -0.483. The average Bonchev–Trinajstić information content (AvgIpc) is 2.26. The van der Waals surface area contributed by atoms with E-state index in [1.165, 1.54) is 6.08 Å².